The van der Waals surface area contributed by atoms with Gasteiger partial charge >= 0.3 is 0 Å². The van der Waals surface area contributed by atoms with Gasteiger partial charge in [0.15, 0.2) is 0 Å². The Morgan fingerprint density at radius 1 is 1.30 bits per heavy atom. The number of hydrogen-bond acceptors (Lipinski definition) is 3. The normalized spacial score (nSPS) is 25.0. The van der Waals surface area contributed by atoms with Gasteiger partial charge in [0, 0.05) is 44.2 Å². The fourth-order valence-electron chi connectivity index (χ4n) is 4.68. The first-order valence-electron chi connectivity index (χ1n) is 9.42. The molecule has 1 aliphatic carbocycles. The monoisotopic (exact) mass is 385 g/mol. The Balaban J connectivity index is 1.61. The minimum Gasteiger partial charge on any atom is -0.345 e. The van der Waals surface area contributed by atoms with Crippen LogP contribution in [0, 0.1) is 18.8 Å². The van der Waals surface area contributed by atoms with E-state index in [2.05, 4.69) is 4.98 Å². The van der Waals surface area contributed by atoms with Gasteiger partial charge in [0.2, 0.25) is 5.91 Å². The van der Waals surface area contributed by atoms with Crippen molar-refractivity contribution in [3.8, 4) is 0 Å². The largest absolute Gasteiger partial charge is 0.345 e. The molecule has 0 spiro atoms. The zero-order valence-corrected chi connectivity index (χ0v) is 16.7. The van der Waals surface area contributed by atoms with Crippen molar-refractivity contribution >= 4 is 34.3 Å². The Bertz CT molecular complexity index is 929. The van der Waals surface area contributed by atoms with Crippen molar-refractivity contribution in [1.29, 1.82) is 0 Å². The summed E-state index contributed by atoms with van der Waals surface area (Å²) in [7, 11) is 3.75. The lowest BCUT2D eigenvalue weighted by atomic mass is 9.88. The zero-order valence-electron chi connectivity index (χ0n) is 15.9. The number of para-hydroxylation sites is 1. The van der Waals surface area contributed by atoms with Gasteiger partial charge in [0.1, 0.15) is 0 Å². The van der Waals surface area contributed by atoms with Crippen LogP contribution in [0.25, 0.3) is 10.9 Å². The molecule has 2 heterocycles. The van der Waals surface area contributed by atoms with E-state index in [1.54, 1.807) is 6.07 Å². The molecular formula is C21H24ClN3O2. The topological polar surface area (TPSA) is 53.5 Å². The molecule has 0 radical (unpaired) electrons. The van der Waals surface area contributed by atoms with E-state index in [0.717, 1.165) is 30.5 Å². The molecule has 0 unspecified atom stereocenters. The fourth-order valence-corrected chi connectivity index (χ4v) is 4.89. The number of aromatic nitrogens is 1. The lowest BCUT2D eigenvalue weighted by Crippen LogP contribution is -2.40. The van der Waals surface area contributed by atoms with Crippen LogP contribution in [0.2, 0.25) is 5.02 Å². The molecule has 142 valence electrons. The lowest BCUT2D eigenvalue weighted by Gasteiger charge is -2.31. The highest BCUT2D eigenvalue weighted by Gasteiger charge is 2.42. The summed E-state index contributed by atoms with van der Waals surface area (Å²) in [6.07, 6.45) is 2.45. The molecule has 6 heteroatoms. The Hall–Kier alpha value is -2.14. The van der Waals surface area contributed by atoms with Gasteiger partial charge in [-0.3, -0.25) is 14.6 Å². The molecule has 27 heavy (non-hydrogen) atoms. The first-order chi connectivity index (χ1) is 12.8. The second-order valence-electron chi connectivity index (χ2n) is 7.99. The minimum absolute atomic E-state index is 0.00362. The number of aryl methyl sites for hydroxylation is 1. The van der Waals surface area contributed by atoms with Crippen LogP contribution in [0.15, 0.2) is 24.3 Å². The van der Waals surface area contributed by atoms with Crippen molar-refractivity contribution in [1.82, 2.24) is 14.8 Å². The Labute approximate surface area is 164 Å². The number of pyridine rings is 1. The maximum Gasteiger partial charge on any atom is 0.254 e. The molecule has 0 N–H and O–H groups in total. The average Bonchev–Trinajstić information content (AvgIpc) is 3.03. The molecule has 2 amide bonds. The second-order valence-corrected chi connectivity index (χ2v) is 8.39. The van der Waals surface area contributed by atoms with E-state index < -0.39 is 0 Å². The molecule has 2 aliphatic rings. The maximum atomic E-state index is 13.3. The second kappa shape index (κ2) is 6.79. The average molecular weight is 386 g/mol. The smallest absolute Gasteiger partial charge is 0.254 e. The third-order valence-electron chi connectivity index (χ3n) is 6.20. The molecule has 4 rings (SSSR count). The predicted octanol–water partition coefficient (Wildman–Crippen LogP) is 3.53. The van der Waals surface area contributed by atoms with Gasteiger partial charge in [0.05, 0.1) is 16.1 Å². The molecule has 1 saturated carbocycles. The number of rotatable bonds is 2. The summed E-state index contributed by atoms with van der Waals surface area (Å²) in [4.78, 5) is 33.5. The van der Waals surface area contributed by atoms with Crippen LogP contribution in [0.1, 0.15) is 35.3 Å². The molecule has 1 aromatic carbocycles. The van der Waals surface area contributed by atoms with Crippen molar-refractivity contribution in [2.24, 2.45) is 11.8 Å². The van der Waals surface area contributed by atoms with Gasteiger partial charge in [-0.25, -0.2) is 0 Å². The fraction of sp³-hybridized carbons (Fsp3) is 0.476. The van der Waals surface area contributed by atoms with Gasteiger partial charge in [-0.1, -0.05) is 23.7 Å². The Morgan fingerprint density at radius 3 is 2.81 bits per heavy atom. The molecule has 1 aliphatic heterocycles. The minimum atomic E-state index is -0.00362. The van der Waals surface area contributed by atoms with Crippen LogP contribution in [-0.4, -0.2) is 53.3 Å². The molecule has 0 bridgehead atoms. The zero-order chi connectivity index (χ0) is 19.3. The van der Waals surface area contributed by atoms with E-state index in [1.165, 1.54) is 0 Å². The number of amides is 2. The van der Waals surface area contributed by atoms with Crippen LogP contribution in [0.5, 0.6) is 0 Å². The molecule has 2 aromatic rings. The summed E-state index contributed by atoms with van der Waals surface area (Å²) in [5.74, 6) is 1.09. The number of hydrogen-bond donors (Lipinski definition) is 0. The Kier molecular flexibility index (Phi) is 4.58. The number of nitrogens with zero attached hydrogens (tertiary/aromatic N) is 3. The molecule has 3 atom stereocenters. The van der Waals surface area contributed by atoms with E-state index in [-0.39, 0.29) is 17.9 Å². The van der Waals surface area contributed by atoms with Crippen molar-refractivity contribution < 1.29 is 9.59 Å². The molecule has 1 saturated heterocycles. The van der Waals surface area contributed by atoms with E-state index in [1.807, 2.05) is 49.0 Å². The summed E-state index contributed by atoms with van der Waals surface area (Å²) in [5, 5.41) is 1.34. The molecule has 2 fully saturated rings. The number of carbonyl (C=O) groups excluding carboxylic acids is 2. The predicted molar refractivity (Wildman–Crippen MR) is 106 cm³/mol. The lowest BCUT2D eigenvalue weighted by molar-refractivity contribution is -0.134. The third kappa shape index (κ3) is 3.18. The number of carbonyl (C=O) groups is 2. The summed E-state index contributed by atoms with van der Waals surface area (Å²) in [6.45, 7) is 2.68. The van der Waals surface area contributed by atoms with E-state index in [0.29, 0.717) is 34.4 Å². The first kappa shape index (κ1) is 18.2. The van der Waals surface area contributed by atoms with Crippen LogP contribution in [0.4, 0.5) is 0 Å². The molecule has 5 nitrogen and oxygen atoms in total. The summed E-state index contributed by atoms with van der Waals surface area (Å²) >= 11 is 6.30. The van der Waals surface area contributed by atoms with Crippen molar-refractivity contribution in [3.05, 3.63) is 40.5 Å². The van der Waals surface area contributed by atoms with Crippen LogP contribution in [-0.2, 0) is 4.79 Å². The number of piperidine rings is 1. The van der Waals surface area contributed by atoms with E-state index in [4.69, 9.17) is 11.6 Å². The van der Waals surface area contributed by atoms with Gasteiger partial charge in [0.25, 0.3) is 5.91 Å². The van der Waals surface area contributed by atoms with Crippen molar-refractivity contribution in [2.75, 3.05) is 20.6 Å². The van der Waals surface area contributed by atoms with Crippen LogP contribution >= 0.6 is 11.6 Å². The summed E-state index contributed by atoms with van der Waals surface area (Å²) in [5.41, 5.74) is 2.09. The van der Waals surface area contributed by atoms with Gasteiger partial charge in [-0.05, 0) is 43.7 Å². The molecular weight excluding hydrogens is 362 g/mol. The molecule has 1 aromatic heterocycles. The van der Waals surface area contributed by atoms with Crippen LogP contribution < -0.4 is 0 Å². The van der Waals surface area contributed by atoms with E-state index >= 15 is 0 Å². The number of likely N-dealkylation sites (tertiary alicyclic amines) is 1. The highest BCUT2D eigenvalue weighted by molar-refractivity contribution is 6.35. The van der Waals surface area contributed by atoms with Crippen molar-refractivity contribution in [2.45, 2.75) is 32.2 Å². The van der Waals surface area contributed by atoms with Gasteiger partial charge < -0.3 is 9.80 Å². The summed E-state index contributed by atoms with van der Waals surface area (Å²) in [6, 6.07) is 7.55. The van der Waals surface area contributed by atoms with Gasteiger partial charge in [-0.15, -0.1) is 0 Å². The standard InChI is InChI=1S/C21H24ClN3O2/c1-12-7-17(16-5-4-6-18(22)20(16)23-12)21(27)25(3)15-8-13-10-19(26)24(2)11-14(13)9-15/h4-7,13-15H,8-11H2,1-3H3/t13-,14+,15-/m1/s1. The highest BCUT2D eigenvalue weighted by Crippen LogP contribution is 2.40. The number of fused-ring (bicyclic) bond motifs is 2. The number of benzene rings is 1. The number of halogens is 1. The van der Waals surface area contributed by atoms with Crippen molar-refractivity contribution in [3.63, 3.8) is 0 Å². The first-order valence-corrected chi connectivity index (χ1v) is 9.80. The summed E-state index contributed by atoms with van der Waals surface area (Å²) < 4.78 is 0. The highest BCUT2D eigenvalue weighted by atomic mass is 35.5. The quantitative estimate of drug-likeness (QED) is 0.794. The Morgan fingerprint density at radius 2 is 2.04 bits per heavy atom. The maximum absolute atomic E-state index is 13.3. The third-order valence-corrected chi connectivity index (χ3v) is 6.51. The van der Waals surface area contributed by atoms with Gasteiger partial charge in [-0.2, -0.15) is 0 Å². The SMILES string of the molecule is Cc1cc(C(=O)N(C)[C@@H]2C[C@@H]3CC(=O)N(C)C[C@@H]3C2)c2cccc(Cl)c2n1. The van der Waals surface area contributed by atoms with E-state index in [9.17, 15) is 9.59 Å². The van der Waals surface area contributed by atoms with Crippen LogP contribution in [0.3, 0.4) is 0 Å².